The van der Waals surface area contributed by atoms with E-state index >= 15 is 0 Å². The fraction of sp³-hybridized carbons (Fsp3) is 0.550. The molecule has 0 spiro atoms. The van der Waals surface area contributed by atoms with E-state index in [-0.39, 0.29) is 18.7 Å². The summed E-state index contributed by atoms with van der Waals surface area (Å²) < 4.78 is 16.2. The molecule has 0 aromatic heterocycles. The van der Waals surface area contributed by atoms with Crippen LogP contribution in [0.3, 0.4) is 0 Å². The van der Waals surface area contributed by atoms with E-state index in [0.717, 1.165) is 62.8 Å². The Morgan fingerprint density at radius 2 is 1.96 bits per heavy atom. The molecule has 3 aliphatic rings. The molecule has 0 saturated carbocycles. The molecule has 3 aliphatic heterocycles. The van der Waals surface area contributed by atoms with Crippen molar-refractivity contribution in [2.45, 2.75) is 31.8 Å². The summed E-state index contributed by atoms with van der Waals surface area (Å²) >= 11 is 0. The highest BCUT2D eigenvalue weighted by molar-refractivity contribution is 5.92. The fourth-order valence-corrected chi connectivity index (χ4v) is 3.98. The summed E-state index contributed by atoms with van der Waals surface area (Å²) in [5.74, 6) is 1.56. The fourth-order valence-electron chi connectivity index (χ4n) is 3.98. The second-order valence-corrected chi connectivity index (χ2v) is 7.17. The average molecular weight is 358 g/mol. The summed E-state index contributed by atoms with van der Waals surface area (Å²) in [5.41, 5.74) is 0.941. The second kappa shape index (κ2) is 7.68. The van der Waals surface area contributed by atoms with Gasteiger partial charge in [-0.15, -0.1) is 0 Å². The van der Waals surface area contributed by atoms with E-state index in [4.69, 9.17) is 14.2 Å². The Morgan fingerprint density at radius 1 is 1.15 bits per heavy atom. The Morgan fingerprint density at radius 3 is 2.77 bits per heavy atom. The van der Waals surface area contributed by atoms with Crippen molar-refractivity contribution in [1.29, 1.82) is 0 Å². The van der Waals surface area contributed by atoms with E-state index in [1.54, 1.807) is 6.08 Å². The summed E-state index contributed by atoms with van der Waals surface area (Å²) in [5, 5.41) is 0. The predicted octanol–water partition coefficient (Wildman–Crippen LogP) is 2.14. The third-order valence-corrected chi connectivity index (χ3v) is 5.46. The molecular formula is C20H26N2O4. The van der Waals surface area contributed by atoms with Crippen molar-refractivity contribution in [1.82, 2.24) is 9.80 Å². The van der Waals surface area contributed by atoms with Crippen LogP contribution in [-0.2, 0) is 9.53 Å². The van der Waals surface area contributed by atoms with Crippen LogP contribution in [0.5, 0.6) is 11.5 Å². The van der Waals surface area contributed by atoms with Crippen LogP contribution in [0.1, 0.15) is 25.3 Å². The molecule has 0 unspecified atom stereocenters. The minimum absolute atomic E-state index is 0.0711. The molecule has 1 amide bonds. The lowest BCUT2D eigenvalue weighted by Gasteiger charge is -2.44. The zero-order chi connectivity index (χ0) is 17.9. The Kier molecular flexibility index (Phi) is 5.13. The maximum Gasteiger partial charge on any atom is 0.246 e. The average Bonchev–Trinajstić information content (AvgIpc) is 3.14. The molecular weight excluding hydrogens is 332 g/mol. The van der Waals surface area contributed by atoms with Crippen molar-refractivity contribution in [2.75, 3.05) is 39.6 Å². The summed E-state index contributed by atoms with van der Waals surface area (Å²) in [6, 6.07) is 6.54. The van der Waals surface area contributed by atoms with Crippen LogP contribution >= 0.6 is 0 Å². The largest absolute Gasteiger partial charge is 0.454 e. The summed E-state index contributed by atoms with van der Waals surface area (Å²) in [7, 11) is 0. The quantitative estimate of drug-likeness (QED) is 0.775. The van der Waals surface area contributed by atoms with E-state index in [2.05, 4.69) is 11.8 Å². The molecule has 0 N–H and O–H groups in total. The van der Waals surface area contributed by atoms with Gasteiger partial charge in [-0.25, -0.2) is 0 Å². The lowest BCUT2D eigenvalue weighted by Crippen LogP contribution is -2.56. The third kappa shape index (κ3) is 3.71. The van der Waals surface area contributed by atoms with E-state index in [0.29, 0.717) is 6.04 Å². The molecule has 1 aromatic rings. The number of ether oxygens (including phenoxy) is 3. The molecule has 6 heteroatoms. The summed E-state index contributed by atoms with van der Waals surface area (Å²) in [6.07, 6.45) is 5.72. The van der Waals surface area contributed by atoms with Gasteiger partial charge in [-0.3, -0.25) is 9.69 Å². The number of carbonyl (C=O) groups is 1. The summed E-state index contributed by atoms with van der Waals surface area (Å²) in [4.78, 5) is 17.1. The third-order valence-electron chi connectivity index (χ3n) is 5.46. The first-order valence-corrected chi connectivity index (χ1v) is 9.41. The predicted molar refractivity (Wildman–Crippen MR) is 98.2 cm³/mol. The normalized spacial score (nSPS) is 24.3. The number of rotatable bonds is 3. The van der Waals surface area contributed by atoms with Crippen molar-refractivity contribution in [2.24, 2.45) is 0 Å². The lowest BCUT2D eigenvalue weighted by atomic mass is 10.0. The summed E-state index contributed by atoms with van der Waals surface area (Å²) in [6.45, 7) is 6.77. The number of hydrogen-bond acceptors (Lipinski definition) is 5. The van der Waals surface area contributed by atoms with E-state index in [9.17, 15) is 4.79 Å². The molecule has 26 heavy (non-hydrogen) atoms. The molecule has 2 fully saturated rings. The molecule has 0 aliphatic carbocycles. The van der Waals surface area contributed by atoms with Gasteiger partial charge in [0.15, 0.2) is 11.5 Å². The number of benzene rings is 1. The molecule has 140 valence electrons. The van der Waals surface area contributed by atoms with Crippen LogP contribution in [-0.4, -0.2) is 67.4 Å². The standard InChI is InChI=1S/C20H26N2O4/c1-15-13-21(17-6-10-24-11-7-17)8-9-22(15)20(23)5-3-16-2-4-18-19(12-16)26-14-25-18/h2-5,12,15,17H,6-11,13-14H2,1H3/b5-3+/t15-/m1/s1. The zero-order valence-electron chi connectivity index (χ0n) is 15.2. The second-order valence-electron chi connectivity index (χ2n) is 7.17. The highest BCUT2D eigenvalue weighted by atomic mass is 16.7. The minimum atomic E-state index is 0.0711. The van der Waals surface area contributed by atoms with Gasteiger partial charge in [0.2, 0.25) is 12.7 Å². The number of hydrogen-bond donors (Lipinski definition) is 0. The van der Waals surface area contributed by atoms with Crippen LogP contribution in [0, 0.1) is 0 Å². The van der Waals surface area contributed by atoms with Crippen LogP contribution in [0.2, 0.25) is 0 Å². The van der Waals surface area contributed by atoms with Gasteiger partial charge in [0.25, 0.3) is 0 Å². The van der Waals surface area contributed by atoms with Gasteiger partial charge >= 0.3 is 0 Å². The van der Waals surface area contributed by atoms with Gasteiger partial charge in [0.1, 0.15) is 0 Å². The highest BCUT2D eigenvalue weighted by Crippen LogP contribution is 2.32. The lowest BCUT2D eigenvalue weighted by molar-refractivity contribution is -0.131. The maximum absolute atomic E-state index is 12.6. The number of carbonyl (C=O) groups excluding carboxylic acids is 1. The van der Waals surface area contributed by atoms with Crippen LogP contribution in [0.15, 0.2) is 24.3 Å². The van der Waals surface area contributed by atoms with Crippen molar-refractivity contribution in [3.05, 3.63) is 29.8 Å². The number of nitrogens with zero attached hydrogens (tertiary/aromatic N) is 2. The van der Waals surface area contributed by atoms with Gasteiger partial charge in [0, 0.05) is 51.0 Å². The molecule has 2 saturated heterocycles. The van der Waals surface area contributed by atoms with Crippen molar-refractivity contribution in [3.63, 3.8) is 0 Å². The van der Waals surface area contributed by atoms with Crippen molar-refractivity contribution in [3.8, 4) is 11.5 Å². The molecule has 0 bridgehead atoms. The van der Waals surface area contributed by atoms with Crippen LogP contribution in [0.4, 0.5) is 0 Å². The van der Waals surface area contributed by atoms with E-state index < -0.39 is 0 Å². The Bertz CT molecular complexity index is 684. The number of amides is 1. The molecule has 3 heterocycles. The maximum atomic E-state index is 12.6. The minimum Gasteiger partial charge on any atom is -0.454 e. The first kappa shape index (κ1) is 17.4. The Balaban J connectivity index is 1.34. The topological polar surface area (TPSA) is 51.2 Å². The van der Waals surface area contributed by atoms with Gasteiger partial charge in [-0.1, -0.05) is 6.07 Å². The first-order chi connectivity index (χ1) is 12.7. The van der Waals surface area contributed by atoms with Gasteiger partial charge < -0.3 is 19.1 Å². The van der Waals surface area contributed by atoms with Crippen molar-refractivity contribution >= 4 is 12.0 Å². The smallest absolute Gasteiger partial charge is 0.246 e. The number of fused-ring (bicyclic) bond motifs is 1. The Hall–Kier alpha value is -2.05. The molecule has 1 atom stereocenters. The van der Waals surface area contributed by atoms with Gasteiger partial charge in [-0.05, 0) is 43.5 Å². The van der Waals surface area contributed by atoms with Crippen LogP contribution in [0.25, 0.3) is 6.08 Å². The Labute approximate surface area is 154 Å². The van der Waals surface area contributed by atoms with Gasteiger partial charge in [-0.2, -0.15) is 0 Å². The molecule has 0 radical (unpaired) electrons. The monoisotopic (exact) mass is 358 g/mol. The number of piperazine rings is 1. The van der Waals surface area contributed by atoms with Gasteiger partial charge in [0.05, 0.1) is 0 Å². The molecule has 6 nitrogen and oxygen atoms in total. The highest BCUT2D eigenvalue weighted by Gasteiger charge is 2.30. The first-order valence-electron chi connectivity index (χ1n) is 9.41. The van der Waals surface area contributed by atoms with Crippen LogP contribution < -0.4 is 9.47 Å². The molecule has 1 aromatic carbocycles. The zero-order valence-corrected chi connectivity index (χ0v) is 15.2. The van der Waals surface area contributed by atoms with Crippen molar-refractivity contribution < 1.29 is 19.0 Å². The van der Waals surface area contributed by atoms with E-state index in [1.807, 2.05) is 29.2 Å². The SMILES string of the molecule is C[C@@H]1CN(C2CCOCC2)CCN1C(=O)/C=C/c1ccc2c(c1)OCO2. The molecule has 4 rings (SSSR count). The van der Waals surface area contributed by atoms with E-state index in [1.165, 1.54) is 0 Å².